The topological polar surface area (TPSA) is 182 Å². The first-order valence-electron chi connectivity index (χ1n) is 9.71. The largest absolute Gasteiger partial charge is 0.510 e. The van der Waals surface area contributed by atoms with Crippen LogP contribution in [0, 0.1) is 11.8 Å². The highest BCUT2D eigenvalue weighted by Crippen LogP contribution is 2.54. The lowest BCUT2D eigenvalue weighted by atomic mass is 9.56. The number of carbonyl (C=O) groups excluding carboxylic acids is 3. The lowest BCUT2D eigenvalue weighted by Crippen LogP contribution is -2.68. The maximum Gasteiger partial charge on any atom is 0.255 e. The second-order valence-corrected chi connectivity index (χ2v) is 8.44. The summed E-state index contributed by atoms with van der Waals surface area (Å²) in [4.78, 5) is 39.7. The van der Waals surface area contributed by atoms with Crippen molar-refractivity contribution in [2.45, 2.75) is 17.7 Å². The number of aliphatic hydroxyl groups is 4. The van der Waals surface area contributed by atoms with E-state index in [1.807, 2.05) is 0 Å². The van der Waals surface area contributed by atoms with Crippen LogP contribution in [0.1, 0.15) is 15.9 Å². The number of rotatable bonds is 2. The Kier molecular flexibility index (Phi) is 5.71. The quantitative estimate of drug-likeness (QED) is 0.318. The lowest BCUT2D eigenvalue weighted by molar-refractivity contribution is -0.159. The minimum atomic E-state index is -2.94. The maximum absolute atomic E-state index is 13.3. The van der Waals surface area contributed by atoms with E-state index in [2.05, 4.69) is 6.58 Å². The first-order valence-corrected chi connectivity index (χ1v) is 9.71. The van der Waals surface area contributed by atoms with Crippen LogP contribution in [0.2, 0.25) is 0 Å². The summed E-state index contributed by atoms with van der Waals surface area (Å²) in [6.45, 7) is 3.91. The van der Waals surface area contributed by atoms with Gasteiger partial charge in [0.1, 0.15) is 22.8 Å². The van der Waals surface area contributed by atoms with E-state index in [4.69, 9.17) is 5.73 Å². The molecule has 5 atom stereocenters. The zero-order valence-corrected chi connectivity index (χ0v) is 18.5. The number of carbonyl (C=O) groups is 3. The normalized spacial score (nSPS) is 31.1. The van der Waals surface area contributed by atoms with Gasteiger partial charge in [-0.05, 0) is 31.3 Å². The number of fused-ring (bicyclic) bond motifs is 3. The third-order valence-electron chi connectivity index (χ3n) is 6.61. The molecule has 0 spiro atoms. The van der Waals surface area contributed by atoms with Crippen molar-refractivity contribution in [3.63, 3.8) is 0 Å². The van der Waals surface area contributed by atoms with Crippen molar-refractivity contribution < 1.29 is 39.9 Å². The van der Waals surface area contributed by atoms with Crippen LogP contribution < -0.4 is 5.73 Å². The van der Waals surface area contributed by atoms with E-state index >= 15 is 0 Å². The number of hydrogen-bond acceptors (Lipinski definition) is 9. The van der Waals surface area contributed by atoms with Crippen molar-refractivity contribution in [1.29, 1.82) is 0 Å². The van der Waals surface area contributed by atoms with Crippen molar-refractivity contribution >= 4 is 35.5 Å². The predicted molar refractivity (Wildman–Crippen MR) is 118 cm³/mol. The van der Waals surface area contributed by atoms with Crippen LogP contribution in [0.5, 0.6) is 5.75 Å². The average molecular weight is 479 g/mol. The van der Waals surface area contributed by atoms with E-state index in [0.29, 0.717) is 0 Å². The first-order chi connectivity index (χ1) is 14.9. The van der Waals surface area contributed by atoms with Crippen molar-refractivity contribution in [3.8, 4) is 5.75 Å². The smallest absolute Gasteiger partial charge is 0.255 e. The molecule has 4 rings (SSSR count). The van der Waals surface area contributed by atoms with Gasteiger partial charge in [0.25, 0.3) is 5.91 Å². The number of amides is 1. The highest BCUT2D eigenvalue weighted by Gasteiger charge is 2.67. The Morgan fingerprint density at radius 1 is 1.18 bits per heavy atom. The fourth-order valence-electron chi connectivity index (χ4n) is 5.22. The number of phenolic OH excluding ortho intramolecular Hbond substituents is 1. The van der Waals surface area contributed by atoms with Crippen molar-refractivity contribution in [2.75, 3.05) is 14.1 Å². The monoisotopic (exact) mass is 478 g/mol. The molecule has 10 nitrogen and oxygen atoms in total. The number of aliphatic hydroxyl groups excluding tert-OH is 3. The first kappa shape index (κ1) is 24.5. The van der Waals surface area contributed by atoms with Gasteiger partial charge in [0.2, 0.25) is 5.78 Å². The summed E-state index contributed by atoms with van der Waals surface area (Å²) >= 11 is 0. The molecule has 0 unspecified atom stereocenters. The molecule has 0 heterocycles. The molecule has 0 radical (unpaired) electrons. The molecule has 0 saturated carbocycles. The van der Waals surface area contributed by atoms with Crippen molar-refractivity contribution in [3.05, 3.63) is 58.6 Å². The fraction of sp³-hybridized carbons (Fsp3) is 0.318. The van der Waals surface area contributed by atoms with Gasteiger partial charge in [0.05, 0.1) is 29.2 Å². The van der Waals surface area contributed by atoms with Gasteiger partial charge in [-0.2, -0.15) is 0 Å². The van der Waals surface area contributed by atoms with Gasteiger partial charge in [-0.15, -0.1) is 12.4 Å². The molecule has 1 aromatic rings. The zero-order valence-electron chi connectivity index (χ0n) is 17.6. The van der Waals surface area contributed by atoms with Crippen LogP contribution in [0.15, 0.2) is 47.4 Å². The van der Waals surface area contributed by atoms with E-state index in [-0.39, 0.29) is 29.1 Å². The van der Waals surface area contributed by atoms with Crippen molar-refractivity contribution in [2.24, 2.45) is 17.6 Å². The number of Topliss-reactive ketones (excluding diaryl/α,β-unsaturated/α-hetero) is 2. The third-order valence-corrected chi connectivity index (χ3v) is 6.61. The number of benzene rings is 1. The van der Waals surface area contributed by atoms with E-state index in [1.54, 1.807) is 0 Å². The summed E-state index contributed by atoms with van der Waals surface area (Å²) in [7, 11) is 2.93. The highest BCUT2D eigenvalue weighted by molar-refractivity contribution is 6.25. The Bertz CT molecular complexity index is 1190. The Hall–Kier alpha value is -3.18. The van der Waals surface area contributed by atoms with E-state index in [9.17, 15) is 39.9 Å². The molecule has 0 bridgehead atoms. The van der Waals surface area contributed by atoms with Gasteiger partial charge in [-0.25, -0.2) is 0 Å². The molecule has 11 heteroatoms. The molecular formula is C22H23ClN2O8. The van der Waals surface area contributed by atoms with Gasteiger partial charge in [-0.1, -0.05) is 18.7 Å². The number of nitrogens with two attached hydrogens (primary N) is 1. The number of likely N-dealkylation sites (N-methyl/N-ethyl adjacent to an activating group) is 1. The van der Waals surface area contributed by atoms with Crippen LogP contribution in [-0.4, -0.2) is 79.7 Å². The molecule has 0 aliphatic heterocycles. The summed E-state index contributed by atoms with van der Waals surface area (Å²) < 4.78 is 0. The van der Waals surface area contributed by atoms with Gasteiger partial charge >= 0.3 is 0 Å². The minimum absolute atomic E-state index is 0. The maximum atomic E-state index is 13.3. The molecule has 0 fully saturated rings. The molecule has 1 aromatic carbocycles. The van der Waals surface area contributed by atoms with Gasteiger partial charge < -0.3 is 31.3 Å². The molecule has 1 amide bonds. The average Bonchev–Trinajstić information content (AvgIpc) is 2.70. The molecule has 176 valence electrons. The van der Waals surface area contributed by atoms with E-state index < -0.39 is 75.5 Å². The highest BCUT2D eigenvalue weighted by atomic mass is 35.5. The Labute approximate surface area is 194 Å². The number of aromatic hydroxyl groups is 1. The van der Waals surface area contributed by atoms with E-state index in [0.717, 1.165) is 0 Å². The number of primary amides is 1. The number of hydrogen-bond donors (Lipinski definition) is 6. The summed E-state index contributed by atoms with van der Waals surface area (Å²) in [5, 5.41) is 54.8. The van der Waals surface area contributed by atoms with Crippen LogP contribution in [0.3, 0.4) is 0 Å². The molecule has 0 saturated heterocycles. The van der Waals surface area contributed by atoms with E-state index in [1.165, 1.54) is 37.2 Å². The van der Waals surface area contributed by atoms with Gasteiger partial charge in [0.15, 0.2) is 11.4 Å². The lowest BCUT2D eigenvalue weighted by Gasteiger charge is -2.52. The number of halogens is 1. The summed E-state index contributed by atoms with van der Waals surface area (Å²) in [5.74, 6) is -8.77. The second kappa shape index (κ2) is 7.70. The predicted octanol–water partition coefficient (Wildman–Crippen LogP) is -0.0161. The summed E-state index contributed by atoms with van der Waals surface area (Å²) in [5.41, 5.74) is 1.06. The van der Waals surface area contributed by atoms with Crippen LogP contribution in [-0.2, 0) is 9.59 Å². The SMILES string of the molecule is C=C1c2cccc(O)c2C(=O)C2=C(O)[C@]3(O)C(=O)C(C(N)=O)=C(O)[C@@H](N(C)C)[C@@H]3[C@@H](O)[C@H]12.Cl. The summed E-state index contributed by atoms with van der Waals surface area (Å²) in [6.07, 6.45) is -1.69. The third kappa shape index (κ3) is 2.88. The molecule has 3 aliphatic carbocycles. The number of ketones is 2. The Morgan fingerprint density at radius 2 is 1.79 bits per heavy atom. The molecular weight excluding hydrogens is 456 g/mol. The van der Waals surface area contributed by atoms with Gasteiger partial charge in [0, 0.05) is 5.92 Å². The zero-order chi connectivity index (χ0) is 23.9. The van der Waals surface area contributed by atoms with Crippen LogP contribution in [0.25, 0.3) is 5.57 Å². The molecule has 7 N–H and O–H groups in total. The van der Waals surface area contributed by atoms with Crippen molar-refractivity contribution in [1.82, 2.24) is 4.90 Å². The molecule has 0 aromatic heterocycles. The molecule has 33 heavy (non-hydrogen) atoms. The molecule has 3 aliphatic rings. The summed E-state index contributed by atoms with van der Waals surface area (Å²) in [6, 6.07) is 2.92. The fourth-order valence-corrected chi connectivity index (χ4v) is 5.22. The van der Waals surface area contributed by atoms with Crippen LogP contribution in [0.4, 0.5) is 0 Å². The van der Waals surface area contributed by atoms with Gasteiger partial charge in [-0.3, -0.25) is 19.3 Å². The minimum Gasteiger partial charge on any atom is -0.510 e. The number of nitrogens with zero attached hydrogens (tertiary/aromatic N) is 1. The Morgan fingerprint density at radius 3 is 2.33 bits per heavy atom. The number of phenols is 1. The van der Waals surface area contributed by atoms with Crippen LogP contribution >= 0.6 is 12.4 Å². The second-order valence-electron chi connectivity index (χ2n) is 8.44. The Balaban J connectivity index is 0.00000306. The standard InChI is InChI=1S/C22H22N2O8.ClH/c1-7-8-5-4-6-9(25)11(8)16(26)12-10(7)17(27)14-15(24(2)3)18(28)13(21(23)31)20(30)22(14,32)19(12)29;/h4-6,10,14-15,17,25,27-29,32H,1H2,2-3H3,(H2,23,31);1H/t10-,14-,15+,17+,22+;/m1./s1.